The molecule has 1 aliphatic carbocycles. The molecule has 1 aromatic heterocycles. The molecule has 2 rings (SSSR count). The van der Waals surface area contributed by atoms with Gasteiger partial charge in [-0.2, -0.15) is 5.10 Å². The third-order valence-corrected chi connectivity index (χ3v) is 4.15. The molecule has 1 aromatic rings. The van der Waals surface area contributed by atoms with Crippen LogP contribution in [0.3, 0.4) is 0 Å². The van der Waals surface area contributed by atoms with Gasteiger partial charge in [0.05, 0.1) is 17.8 Å². The molecule has 0 bridgehead atoms. The third kappa shape index (κ3) is 3.52. The molecule has 0 aliphatic heterocycles. The Morgan fingerprint density at radius 3 is 2.90 bits per heavy atom. The minimum absolute atomic E-state index is 0.0738. The van der Waals surface area contributed by atoms with Crippen molar-refractivity contribution in [2.24, 2.45) is 5.92 Å². The van der Waals surface area contributed by atoms with Crippen molar-refractivity contribution >= 4 is 17.3 Å². The number of anilines is 1. The molecule has 0 amide bonds. The quantitative estimate of drug-likeness (QED) is 0.840. The van der Waals surface area contributed by atoms with Gasteiger partial charge in [0.25, 0.3) is 5.56 Å². The fourth-order valence-electron chi connectivity index (χ4n) is 2.32. The predicted octanol–water partition coefficient (Wildman–Crippen LogP) is 2.53. The summed E-state index contributed by atoms with van der Waals surface area (Å²) < 4.78 is 6.66. The molecule has 0 aromatic carbocycles. The first kappa shape index (κ1) is 15.3. The molecule has 1 N–H and O–H groups in total. The van der Waals surface area contributed by atoms with Gasteiger partial charge in [-0.25, -0.2) is 4.68 Å². The lowest BCUT2D eigenvalue weighted by atomic mass is 9.85. The van der Waals surface area contributed by atoms with Crippen LogP contribution in [-0.2, 0) is 11.3 Å². The van der Waals surface area contributed by atoms with E-state index in [1.165, 1.54) is 23.9 Å². The van der Waals surface area contributed by atoms with Crippen molar-refractivity contribution < 1.29 is 4.74 Å². The van der Waals surface area contributed by atoms with Crippen molar-refractivity contribution in [1.29, 1.82) is 0 Å². The van der Waals surface area contributed by atoms with E-state index in [1.54, 1.807) is 13.3 Å². The number of nitrogens with zero attached hydrogens (tertiary/aromatic N) is 2. The Morgan fingerprint density at radius 2 is 2.35 bits per heavy atom. The van der Waals surface area contributed by atoms with Crippen molar-refractivity contribution in [3.63, 3.8) is 0 Å². The van der Waals surface area contributed by atoms with Crippen LogP contribution in [0.5, 0.6) is 0 Å². The Balaban J connectivity index is 2.17. The standard InChI is InChI=1S/C14H22ClN3O2/c1-3-11(9-20-2)17-13-12(15)7-16-18(14(13)19)8-10-5-4-6-10/h7,10-11,17H,3-6,8-9H2,1-2H3. The molecule has 1 heterocycles. The van der Waals surface area contributed by atoms with E-state index >= 15 is 0 Å². The molecule has 0 radical (unpaired) electrons. The normalized spacial score (nSPS) is 16.8. The third-order valence-electron chi connectivity index (χ3n) is 3.86. The molecule has 1 saturated carbocycles. The zero-order valence-electron chi connectivity index (χ0n) is 12.1. The number of halogens is 1. The Morgan fingerprint density at radius 1 is 1.60 bits per heavy atom. The van der Waals surface area contributed by atoms with E-state index in [0.29, 0.717) is 29.8 Å². The SMILES string of the molecule is CCC(COC)Nc1c(Cl)cnn(CC2CCC2)c1=O. The first-order valence-electron chi connectivity index (χ1n) is 7.16. The van der Waals surface area contributed by atoms with Gasteiger partial charge in [-0.15, -0.1) is 0 Å². The van der Waals surface area contributed by atoms with Gasteiger partial charge in [-0.05, 0) is 25.2 Å². The Hall–Kier alpha value is -1.07. The summed E-state index contributed by atoms with van der Waals surface area (Å²) in [5.74, 6) is 0.579. The van der Waals surface area contributed by atoms with E-state index in [0.717, 1.165) is 6.42 Å². The van der Waals surface area contributed by atoms with Gasteiger partial charge in [0.1, 0.15) is 5.69 Å². The molecular formula is C14H22ClN3O2. The number of hydrogen-bond donors (Lipinski definition) is 1. The van der Waals surface area contributed by atoms with Crippen LogP contribution in [0.15, 0.2) is 11.0 Å². The molecule has 5 nitrogen and oxygen atoms in total. The van der Waals surface area contributed by atoms with Crippen molar-refractivity contribution in [3.05, 3.63) is 21.6 Å². The first-order chi connectivity index (χ1) is 9.65. The highest BCUT2D eigenvalue weighted by Crippen LogP contribution is 2.27. The minimum Gasteiger partial charge on any atom is -0.383 e. The first-order valence-corrected chi connectivity index (χ1v) is 7.54. The molecule has 1 unspecified atom stereocenters. The Bertz CT molecular complexity index is 500. The minimum atomic E-state index is -0.140. The van der Waals surface area contributed by atoms with Crippen LogP contribution in [0.1, 0.15) is 32.6 Å². The average molecular weight is 300 g/mol. The fourth-order valence-corrected chi connectivity index (χ4v) is 2.50. The van der Waals surface area contributed by atoms with Gasteiger partial charge in [0.2, 0.25) is 0 Å². The number of methoxy groups -OCH3 is 1. The lowest BCUT2D eigenvalue weighted by molar-refractivity contribution is 0.184. The topological polar surface area (TPSA) is 56.1 Å². The van der Waals surface area contributed by atoms with Crippen LogP contribution in [0, 0.1) is 5.92 Å². The molecule has 0 spiro atoms. The monoisotopic (exact) mass is 299 g/mol. The van der Waals surface area contributed by atoms with Gasteiger partial charge in [0.15, 0.2) is 0 Å². The van der Waals surface area contributed by atoms with E-state index in [2.05, 4.69) is 10.4 Å². The maximum Gasteiger partial charge on any atom is 0.291 e. The molecule has 20 heavy (non-hydrogen) atoms. The van der Waals surface area contributed by atoms with E-state index in [-0.39, 0.29) is 11.6 Å². The highest BCUT2D eigenvalue weighted by Gasteiger charge is 2.20. The summed E-state index contributed by atoms with van der Waals surface area (Å²) in [6, 6.07) is 0.0738. The number of nitrogens with one attached hydrogen (secondary N) is 1. The maximum absolute atomic E-state index is 12.4. The smallest absolute Gasteiger partial charge is 0.291 e. The summed E-state index contributed by atoms with van der Waals surface area (Å²) in [7, 11) is 1.65. The molecule has 1 fully saturated rings. The summed E-state index contributed by atoms with van der Waals surface area (Å²) in [6.07, 6.45) is 6.02. The number of ether oxygens (including phenoxy) is 1. The second kappa shape index (κ2) is 7.09. The molecule has 1 aliphatic rings. The second-order valence-electron chi connectivity index (χ2n) is 5.36. The molecule has 1 atom stereocenters. The summed E-state index contributed by atoms with van der Waals surface area (Å²) in [5.41, 5.74) is 0.295. The van der Waals surface area contributed by atoms with E-state index in [4.69, 9.17) is 16.3 Å². The van der Waals surface area contributed by atoms with Crippen LogP contribution < -0.4 is 10.9 Å². The molecule has 112 valence electrons. The van der Waals surface area contributed by atoms with Crippen LogP contribution in [0.4, 0.5) is 5.69 Å². The van der Waals surface area contributed by atoms with Crippen molar-refractivity contribution in [3.8, 4) is 0 Å². The number of aromatic nitrogens is 2. The summed E-state index contributed by atoms with van der Waals surface area (Å²) in [4.78, 5) is 12.4. The highest BCUT2D eigenvalue weighted by atomic mass is 35.5. The second-order valence-corrected chi connectivity index (χ2v) is 5.76. The van der Waals surface area contributed by atoms with Gasteiger partial charge in [0, 0.05) is 19.7 Å². The van der Waals surface area contributed by atoms with Gasteiger partial charge >= 0.3 is 0 Å². The Labute approximate surface area is 124 Å². The van der Waals surface area contributed by atoms with Gasteiger partial charge in [-0.1, -0.05) is 24.9 Å². The molecule has 6 heteroatoms. The molecule has 0 saturated heterocycles. The van der Waals surface area contributed by atoms with Crippen LogP contribution in [0.2, 0.25) is 5.02 Å². The average Bonchev–Trinajstić information content (AvgIpc) is 2.39. The lowest BCUT2D eigenvalue weighted by Gasteiger charge is -2.25. The van der Waals surface area contributed by atoms with Crippen molar-refractivity contribution in [1.82, 2.24) is 9.78 Å². The van der Waals surface area contributed by atoms with Gasteiger partial charge < -0.3 is 10.1 Å². The summed E-state index contributed by atoms with van der Waals surface area (Å²) in [5, 5.41) is 7.70. The zero-order valence-corrected chi connectivity index (χ0v) is 12.8. The largest absolute Gasteiger partial charge is 0.383 e. The zero-order chi connectivity index (χ0) is 14.5. The van der Waals surface area contributed by atoms with Crippen molar-refractivity contribution in [2.75, 3.05) is 19.0 Å². The summed E-state index contributed by atoms with van der Waals surface area (Å²) in [6.45, 7) is 3.27. The molecular weight excluding hydrogens is 278 g/mol. The van der Waals surface area contributed by atoms with E-state index < -0.39 is 0 Å². The van der Waals surface area contributed by atoms with E-state index in [1.807, 2.05) is 6.92 Å². The van der Waals surface area contributed by atoms with Gasteiger partial charge in [-0.3, -0.25) is 4.79 Å². The van der Waals surface area contributed by atoms with Crippen LogP contribution in [-0.4, -0.2) is 29.5 Å². The van der Waals surface area contributed by atoms with Crippen molar-refractivity contribution in [2.45, 2.75) is 45.2 Å². The Kier molecular flexibility index (Phi) is 5.43. The predicted molar refractivity (Wildman–Crippen MR) is 80.4 cm³/mol. The van der Waals surface area contributed by atoms with E-state index in [9.17, 15) is 4.79 Å². The maximum atomic E-state index is 12.4. The van der Waals surface area contributed by atoms with Crippen LogP contribution in [0.25, 0.3) is 0 Å². The van der Waals surface area contributed by atoms with Crippen LogP contribution >= 0.6 is 11.6 Å². The number of rotatable bonds is 7. The number of hydrogen-bond acceptors (Lipinski definition) is 4. The summed E-state index contributed by atoms with van der Waals surface area (Å²) >= 11 is 6.11. The highest BCUT2D eigenvalue weighted by molar-refractivity contribution is 6.33. The fraction of sp³-hybridized carbons (Fsp3) is 0.714. The lowest BCUT2D eigenvalue weighted by Crippen LogP contribution is -2.34.